The zero-order chi connectivity index (χ0) is 24.0. The molecule has 0 fully saturated rings. The Morgan fingerprint density at radius 2 is 1.09 bits per heavy atom. The van der Waals surface area contributed by atoms with Crippen LogP contribution in [0.25, 0.3) is 11.1 Å². The molecule has 1 aliphatic carbocycles. The van der Waals surface area contributed by atoms with E-state index in [1.54, 1.807) is 0 Å². The van der Waals surface area contributed by atoms with Crippen molar-refractivity contribution < 1.29 is 9.47 Å². The molecule has 0 amide bonds. The Balaban J connectivity index is 1.83. The first-order valence-electron chi connectivity index (χ1n) is 11.6. The van der Waals surface area contributed by atoms with E-state index in [1.807, 2.05) is 24.3 Å². The summed E-state index contributed by atoms with van der Waals surface area (Å²) in [4.78, 5) is 4.60. The van der Waals surface area contributed by atoms with Crippen LogP contribution in [0.3, 0.4) is 0 Å². The number of likely N-dealkylation sites (N-methyl/N-ethyl adjacent to an activating group) is 2. The lowest BCUT2D eigenvalue weighted by Crippen LogP contribution is -2.28. The van der Waals surface area contributed by atoms with Crippen molar-refractivity contribution in [2.75, 3.05) is 52.5 Å². The van der Waals surface area contributed by atoms with Gasteiger partial charge in [-0.3, -0.25) is 0 Å². The second kappa shape index (κ2) is 11.9. The van der Waals surface area contributed by atoms with Gasteiger partial charge in [0.2, 0.25) is 0 Å². The maximum atomic E-state index is 6.57. The minimum Gasteiger partial charge on any atom is -0.491 e. The number of hydrogen-bond acceptors (Lipinski definition) is 6. The van der Waals surface area contributed by atoms with Crippen LogP contribution >= 0.6 is 23.2 Å². The summed E-state index contributed by atoms with van der Waals surface area (Å²) in [7, 11) is 0. The molecule has 33 heavy (non-hydrogen) atoms. The minimum absolute atomic E-state index is 0.549. The van der Waals surface area contributed by atoms with Gasteiger partial charge in [0.1, 0.15) is 24.7 Å². The molecule has 0 aliphatic heterocycles. The normalized spacial score (nSPS) is 12.3. The van der Waals surface area contributed by atoms with E-state index in [9.17, 15) is 0 Å². The van der Waals surface area contributed by atoms with E-state index in [0.29, 0.717) is 40.5 Å². The second-order valence-corrected chi connectivity index (χ2v) is 8.70. The van der Waals surface area contributed by atoms with Crippen LogP contribution in [-0.4, -0.2) is 68.0 Å². The maximum absolute atomic E-state index is 6.57. The van der Waals surface area contributed by atoms with Crippen LogP contribution in [0.4, 0.5) is 0 Å². The monoisotopic (exact) mass is 492 g/mol. The molecule has 2 aromatic rings. The smallest absolute Gasteiger partial charge is 0.138 e. The predicted molar refractivity (Wildman–Crippen MR) is 138 cm³/mol. The molecule has 0 aromatic heterocycles. The summed E-state index contributed by atoms with van der Waals surface area (Å²) in [5, 5.41) is 5.18. The van der Waals surface area contributed by atoms with E-state index in [0.717, 1.165) is 61.5 Å². The van der Waals surface area contributed by atoms with Crippen LogP contribution in [-0.2, 0) is 0 Å². The van der Waals surface area contributed by atoms with E-state index >= 15 is 0 Å². The average molecular weight is 493 g/mol. The van der Waals surface area contributed by atoms with Crippen LogP contribution in [0.2, 0.25) is 10.0 Å². The van der Waals surface area contributed by atoms with Gasteiger partial charge in [-0.25, -0.2) is 0 Å². The summed E-state index contributed by atoms with van der Waals surface area (Å²) < 4.78 is 12.0. The Labute approximate surface area is 207 Å². The Bertz CT molecular complexity index is 913. The van der Waals surface area contributed by atoms with Crippen LogP contribution in [0.15, 0.2) is 29.4 Å². The van der Waals surface area contributed by atoms with Crippen molar-refractivity contribution in [2.24, 2.45) is 10.9 Å². The molecular weight excluding hydrogens is 459 g/mol. The minimum atomic E-state index is 0.549. The van der Waals surface area contributed by atoms with Crippen LogP contribution < -0.4 is 15.3 Å². The molecule has 6 nitrogen and oxygen atoms in total. The van der Waals surface area contributed by atoms with Crippen molar-refractivity contribution in [3.63, 3.8) is 0 Å². The summed E-state index contributed by atoms with van der Waals surface area (Å²) in [5.74, 6) is 7.07. The molecule has 0 atom stereocenters. The van der Waals surface area contributed by atoms with Gasteiger partial charge >= 0.3 is 0 Å². The summed E-state index contributed by atoms with van der Waals surface area (Å²) in [6, 6.07) is 7.64. The number of hydrazone groups is 1. The Hall–Kier alpha value is -1.99. The van der Waals surface area contributed by atoms with Crippen LogP contribution in [0, 0.1) is 0 Å². The van der Waals surface area contributed by atoms with E-state index in [4.69, 9.17) is 38.5 Å². The summed E-state index contributed by atoms with van der Waals surface area (Å²) in [6.07, 6.45) is 0. The lowest BCUT2D eigenvalue weighted by atomic mass is 10.1. The first-order chi connectivity index (χ1) is 16.0. The van der Waals surface area contributed by atoms with Gasteiger partial charge in [-0.15, -0.1) is 0 Å². The van der Waals surface area contributed by atoms with Gasteiger partial charge in [0.15, 0.2) is 0 Å². The third-order valence-corrected chi connectivity index (χ3v) is 6.78. The van der Waals surface area contributed by atoms with Gasteiger partial charge in [-0.05, 0) is 61.6 Å². The molecule has 3 rings (SSSR count). The number of halogens is 2. The summed E-state index contributed by atoms with van der Waals surface area (Å²) in [6.45, 7) is 15.3. The van der Waals surface area contributed by atoms with Gasteiger partial charge in [-0.1, -0.05) is 50.9 Å². The van der Waals surface area contributed by atoms with Gasteiger partial charge < -0.3 is 25.1 Å². The number of ether oxygens (including phenoxy) is 2. The summed E-state index contributed by atoms with van der Waals surface area (Å²) >= 11 is 13.1. The van der Waals surface area contributed by atoms with Crippen molar-refractivity contribution in [2.45, 2.75) is 27.7 Å². The quantitative estimate of drug-likeness (QED) is 0.280. The topological polar surface area (TPSA) is 63.3 Å². The molecule has 0 saturated carbocycles. The van der Waals surface area contributed by atoms with Gasteiger partial charge in [0.05, 0.1) is 15.8 Å². The van der Waals surface area contributed by atoms with E-state index < -0.39 is 0 Å². The van der Waals surface area contributed by atoms with Crippen molar-refractivity contribution in [1.82, 2.24) is 9.80 Å². The SMILES string of the molecule is CCN(CC)CCOc1cc2c(cc1Cl)-c1cc(Cl)c(OCCN(CC)CC)cc1C2=NN. The van der Waals surface area contributed by atoms with E-state index in [1.165, 1.54) is 0 Å². The van der Waals surface area contributed by atoms with Gasteiger partial charge in [-0.2, -0.15) is 5.10 Å². The maximum Gasteiger partial charge on any atom is 0.138 e. The molecule has 1 aliphatic rings. The highest BCUT2D eigenvalue weighted by Crippen LogP contribution is 2.45. The number of rotatable bonds is 12. The highest BCUT2D eigenvalue weighted by atomic mass is 35.5. The van der Waals surface area contributed by atoms with Crippen molar-refractivity contribution >= 4 is 28.9 Å². The zero-order valence-corrected chi connectivity index (χ0v) is 21.5. The standard InChI is InChI=1S/C25H34Cl2N4O2/c1-5-30(6-2)9-11-32-23-15-19-17(13-21(23)26)18-14-22(27)24(16-20(18)25(19)29-28)33-12-10-31(7-3)8-4/h13-16H,5-12,28H2,1-4H3. The van der Waals surface area contributed by atoms with Crippen LogP contribution in [0.1, 0.15) is 38.8 Å². The molecule has 0 radical (unpaired) electrons. The third-order valence-electron chi connectivity index (χ3n) is 6.19. The fourth-order valence-electron chi connectivity index (χ4n) is 4.10. The highest BCUT2D eigenvalue weighted by molar-refractivity contribution is 6.35. The zero-order valence-electron chi connectivity index (χ0n) is 20.0. The molecule has 0 spiro atoms. The highest BCUT2D eigenvalue weighted by Gasteiger charge is 2.28. The number of nitrogens with two attached hydrogens (primary N) is 1. The fraction of sp³-hybridized carbons (Fsp3) is 0.480. The largest absolute Gasteiger partial charge is 0.491 e. The molecule has 2 N–H and O–H groups in total. The second-order valence-electron chi connectivity index (χ2n) is 7.88. The Morgan fingerprint density at radius 1 is 0.697 bits per heavy atom. The number of nitrogens with zero attached hydrogens (tertiary/aromatic N) is 3. The van der Waals surface area contributed by atoms with Gasteiger partial charge in [0, 0.05) is 24.2 Å². The fourth-order valence-corrected chi connectivity index (χ4v) is 4.54. The lowest BCUT2D eigenvalue weighted by Gasteiger charge is -2.18. The molecule has 2 aromatic carbocycles. The lowest BCUT2D eigenvalue weighted by molar-refractivity contribution is 0.223. The third kappa shape index (κ3) is 5.75. The molecule has 0 saturated heterocycles. The van der Waals surface area contributed by atoms with E-state index in [2.05, 4.69) is 42.6 Å². The number of hydrogen-bond donors (Lipinski definition) is 1. The Kier molecular flexibility index (Phi) is 9.27. The predicted octanol–water partition coefficient (Wildman–Crippen LogP) is 5.13. The molecule has 8 heteroatoms. The molecule has 0 heterocycles. The van der Waals surface area contributed by atoms with Crippen molar-refractivity contribution in [3.8, 4) is 22.6 Å². The average Bonchev–Trinajstić information content (AvgIpc) is 3.10. The number of benzene rings is 2. The molecule has 0 bridgehead atoms. The summed E-state index contributed by atoms with van der Waals surface area (Å²) in [5.41, 5.74) is 4.31. The molecule has 180 valence electrons. The number of fused-ring (bicyclic) bond motifs is 3. The first kappa shape index (κ1) is 25.6. The Morgan fingerprint density at radius 3 is 1.42 bits per heavy atom. The van der Waals surface area contributed by atoms with Gasteiger partial charge in [0.25, 0.3) is 0 Å². The van der Waals surface area contributed by atoms with Crippen molar-refractivity contribution in [1.29, 1.82) is 0 Å². The van der Waals surface area contributed by atoms with Crippen LogP contribution in [0.5, 0.6) is 11.5 Å². The molecule has 0 unspecified atom stereocenters. The molecular formula is C25H34Cl2N4O2. The van der Waals surface area contributed by atoms with Crippen molar-refractivity contribution in [3.05, 3.63) is 45.4 Å². The van der Waals surface area contributed by atoms with E-state index in [-0.39, 0.29) is 0 Å². The first-order valence-corrected chi connectivity index (χ1v) is 12.4.